The number of thiazole rings is 1. The molecule has 8 heteroatoms. The maximum absolute atomic E-state index is 12.9. The van der Waals surface area contributed by atoms with Crippen LogP contribution < -0.4 is 5.73 Å². The molecule has 0 unspecified atom stereocenters. The smallest absolute Gasteiger partial charge is 0.416 e. The van der Waals surface area contributed by atoms with Gasteiger partial charge in [-0.3, -0.25) is 4.79 Å². The second-order valence-corrected chi connectivity index (χ2v) is 5.80. The van der Waals surface area contributed by atoms with Crippen molar-refractivity contribution in [1.82, 2.24) is 4.98 Å². The summed E-state index contributed by atoms with van der Waals surface area (Å²) in [5, 5.41) is 0.201. The van der Waals surface area contributed by atoms with Crippen LogP contribution >= 0.6 is 11.3 Å². The molecule has 2 rings (SSSR count). The molecule has 1 aromatic carbocycles. The minimum absolute atomic E-state index is 0.0746. The van der Waals surface area contributed by atoms with E-state index in [9.17, 15) is 18.0 Å². The van der Waals surface area contributed by atoms with E-state index in [0.717, 1.165) is 23.5 Å². The first kappa shape index (κ1) is 16.3. The number of benzene rings is 1. The van der Waals surface area contributed by atoms with E-state index in [1.165, 1.54) is 6.92 Å². The summed E-state index contributed by atoms with van der Waals surface area (Å²) in [7, 11) is 0. The molecule has 0 atom stereocenters. The van der Waals surface area contributed by atoms with Gasteiger partial charge in [0.15, 0.2) is 5.13 Å². The van der Waals surface area contributed by atoms with Crippen molar-refractivity contribution in [2.45, 2.75) is 26.6 Å². The summed E-state index contributed by atoms with van der Waals surface area (Å²) in [6, 6.07) is 3.66. The standard InChI is InChI=1S/C14H13F3N2O2S/c1-7-3-9(5-10(4-7)14(15,16)17)12-11(6-21-8(2)20)22-13(18)19-12/h3-5H,6H2,1-2H3,(H2,18,19). The maximum atomic E-state index is 12.9. The zero-order valence-electron chi connectivity index (χ0n) is 11.8. The van der Waals surface area contributed by atoms with Gasteiger partial charge in [0.05, 0.1) is 16.1 Å². The summed E-state index contributed by atoms with van der Waals surface area (Å²) < 4.78 is 43.6. The topological polar surface area (TPSA) is 65.2 Å². The van der Waals surface area contributed by atoms with Crippen LogP contribution in [0.2, 0.25) is 0 Å². The van der Waals surface area contributed by atoms with Gasteiger partial charge in [-0.05, 0) is 30.7 Å². The average Bonchev–Trinajstić information content (AvgIpc) is 2.76. The number of rotatable bonds is 3. The number of nitrogen functional groups attached to an aromatic ring is 1. The molecule has 0 radical (unpaired) electrons. The number of ether oxygens (including phenoxy) is 1. The lowest BCUT2D eigenvalue weighted by molar-refractivity contribution is -0.142. The van der Waals surface area contributed by atoms with Crippen molar-refractivity contribution in [3.05, 3.63) is 34.2 Å². The highest BCUT2D eigenvalue weighted by atomic mass is 32.1. The summed E-state index contributed by atoms with van der Waals surface area (Å²) in [6.07, 6.45) is -4.45. The van der Waals surface area contributed by atoms with Crippen molar-refractivity contribution in [3.63, 3.8) is 0 Å². The number of aryl methyl sites for hydroxylation is 1. The number of anilines is 1. The largest absolute Gasteiger partial charge is 0.460 e. The van der Waals surface area contributed by atoms with Crippen LogP contribution in [0.3, 0.4) is 0 Å². The van der Waals surface area contributed by atoms with Gasteiger partial charge in [0.1, 0.15) is 6.61 Å². The predicted octanol–water partition coefficient (Wildman–Crippen LogP) is 3.78. The van der Waals surface area contributed by atoms with Crippen LogP contribution in [0, 0.1) is 6.92 Å². The van der Waals surface area contributed by atoms with E-state index < -0.39 is 17.7 Å². The molecule has 1 heterocycles. The fraction of sp³-hybridized carbons (Fsp3) is 0.286. The zero-order valence-corrected chi connectivity index (χ0v) is 12.6. The minimum atomic E-state index is -4.45. The zero-order chi connectivity index (χ0) is 16.5. The number of carbonyl (C=O) groups is 1. The van der Waals surface area contributed by atoms with E-state index in [1.54, 1.807) is 13.0 Å². The third kappa shape index (κ3) is 3.76. The van der Waals surface area contributed by atoms with Gasteiger partial charge in [-0.1, -0.05) is 11.3 Å². The summed E-state index contributed by atoms with van der Waals surface area (Å²) >= 11 is 1.08. The second kappa shape index (κ2) is 5.96. The van der Waals surface area contributed by atoms with Gasteiger partial charge in [-0.25, -0.2) is 4.98 Å². The maximum Gasteiger partial charge on any atom is 0.416 e. The molecule has 22 heavy (non-hydrogen) atoms. The van der Waals surface area contributed by atoms with Crippen LogP contribution in [0.1, 0.15) is 22.9 Å². The molecule has 1 aromatic heterocycles. The Kier molecular flexibility index (Phi) is 4.41. The number of hydrogen-bond acceptors (Lipinski definition) is 5. The molecule has 2 N–H and O–H groups in total. The lowest BCUT2D eigenvalue weighted by Crippen LogP contribution is -2.06. The Hall–Kier alpha value is -2.09. The van der Waals surface area contributed by atoms with Gasteiger partial charge in [0.2, 0.25) is 0 Å². The molecule has 0 spiro atoms. The monoisotopic (exact) mass is 330 g/mol. The molecular weight excluding hydrogens is 317 g/mol. The lowest BCUT2D eigenvalue weighted by atomic mass is 10.0. The predicted molar refractivity (Wildman–Crippen MR) is 77.2 cm³/mol. The van der Waals surface area contributed by atoms with Crippen LogP contribution in [-0.4, -0.2) is 11.0 Å². The summed E-state index contributed by atoms with van der Waals surface area (Å²) in [5.41, 5.74) is 5.92. The molecule has 2 aromatic rings. The molecule has 0 saturated heterocycles. The highest BCUT2D eigenvalue weighted by Crippen LogP contribution is 2.36. The van der Waals surface area contributed by atoms with Crippen LogP contribution in [-0.2, 0) is 22.3 Å². The van der Waals surface area contributed by atoms with Gasteiger partial charge < -0.3 is 10.5 Å². The van der Waals surface area contributed by atoms with Gasteiger partial charge in [-0.2, -0.15) is 13.2 Å². The first-order valence-corrected chi connectivity index (χ1v) is 7.06. The van der Waals surface area contributed by atoms with Crippen molar-refractivity contribution in [2.75, 3.05) is 5.73 Å². The number of esters is 1. The Labute approximate surface area is 128 Å². The van der Waals surface area contributed by atoms with Gasteiger partial charge >= 0.3 is 12.1 Å². The number of halogens is 3. The number of carbonyl (C=O) groups excluding carboxylic acids is 1. The van der Waals surface area contributed by atoms with Crippen LogP contribution in [0.15, 0.2) is 18.2 Å². The molecule has 0 saturated carbocycles. The first-order chi connectivity index (χ1) is 10.2. The third-order valence-corrected chi connectivity index (χ3v) is 3.66. The normalized spacial score (nSPS) is 11.5. The molecule has 0 amide bonds. The van der Waals surface area contributed by atoms with Crippen LogP contribution in [0.25, 0.3) is 11.3 Å². The Morgan fingerprint density at radius 3 is 2.64 bits per heavy atom. The van der Waals surface area contributed by atoms with Crippen molar-refractivity contribution in [2.24, 2.45) is 0 Å². The highest BCUT2D eigenvalue weighted by Gasteiger charge is 2.31. The molecule has 118 valence electrons. The van der Waals surface area contributed by atoms with Crippen molar-refractivity contribution in [1.29, 1.82) is 0 Å². The van der Waals surface area contributed by atoms with E-state index in [-0.39, 0.29) is 11.7 Å². The van der Waals surface area contributed by atoms with E-state index >= 15 is 0 Å². The summed E-state index contributed by atoms with van der Waals surface area (Å²) in [5.74, 6) is -0.488. The van der Waals surface area contributed by atoms with Gasteiger partial charge in [0.25, 0.3) is 0 Å². The quantitative estimate of drug-likeness (QED) is 0.870. The average molecular weight is 330 g/mol. The van der Waals surface area contributed by atoms with E-state index in [4.69, 9.17) is 10.5 Å². The van der Waals surface area contributed by atoms with E-state index in [2.05, 4.69) is 4.98 Å². The lowest BCUT2D eigenvalue weighted by Gasteiger charge is -2.10. The van der Waals surface area contributed by atoms with E-state index in [1.807, 2.05) is 0 Å². The molecule has 0 fully saturated rings. The number of alkyl halides is 3. The Bertz CT molecular complexity index is 711. The van der Waals surface area contributed by atoms with Crippen LogP contribution in [0.5, 0.6) is 0 Å². The molecule has 0 aliphatic carbocycles. The minimum Gasteiger partial charge on any atom is -0.460 e. The number of hydrogen-bond donors (Lipinski definition) is 1. The molecular formula is C14H13F3N2O2S. The summed E-state index contributed by atoms with van der Waals surface area (Å²) in [4.78, 5) is 15.5. The molecule has 0 aliphatic rings. The van der Waals surface area contributed by atoms with Crippen molar-refractivity contribution in [3.8, 4) is 11.3 Å². The second-order valence-electron chi connectivity index (χ2n) is 4.69. The Morgan fingerprint density at radius 2 is 2.05 bits per heavy atom. The molecule has 4 nitrogen and oxygen atoms in total. The third-order valence-electron chi connectivity index (χ3n) is 2.80. The number of nitrogens with two attached hydrogens (primary N) is 1. The fourth-order valence-corrected chi connectivity index (χ4v) is 2.71. The summed E-state index contributed by atoms with van der Waals surface area (Å²) in [6.45, 7) is 2.74. The van der Waals surface area contributed by atoms with Crippen molar-refractivity contribution >= 4 is 22.4 Å². The van der Waals surface area contributed by atoms with Gasteiger partial charge in [0, 0.05) is 12.5 Å². The number of nitrogens with zero attached hydrogens (tertiary/aromatic N) is 1. The highest BCUT2D eigenvalue weighted by molar-refractivity contribution is 7.15. The van der Waals surface area contributed by atoms with Gasteiger partial charge in [-0.15, -0.1) is 0 Å². The van der Waals surface area contributed by atoms with Crippen LogP contribution in [0.4, 0.5) is 18.3 Å². The Balaban J connectivity index is 2.47. The first-order valence-electron chi connectivity index (χ1n) is 6.24. The molecule has 0 aliphatic heterocycles. The van der Waals surface area contributed by atoms with Crippen molar-refractivity contribution < 1.29 is 22.7 Å². The molecule has 0 bridgehead atoms. The SMILES string of the molecule is CC(=O)OCc1sc(N)nc1-c1cc(C)cc(C(F)(F)F)c1. The Morgan fingerprint density at radius 1 is 1.36 bits per heavy atom. The fourth-order valence-electron chi connectivity index (χ4n) is 1.94. The van der Waals surface area contributed by atoms with E-state index in [0.29, 0.717) is 21.7 Å². The number of aromatic nitrogens is 1.